The molecule has 0 saturated heterocycles. The lowest BCUT2D eigenvalue weighted by atomic mass is 10.4. The Bertz CT molecular complexity index is 126. The Kier molecular flexibility index (Phi) is 4.61. The Morgan fingerprint density at radius 1 is 1.64 bits per heavy atom. The summed E-state index contributed by atoms with van der Waals surface area (Å²) in [6.07, 6.45) is -0.346. The summed E-state index contributed by atoms with van der Waals surface area (Å²) in [5, 5.41) is 1.34. The van der Waals surface area contributed by atoms with Gasteiger partial charge >= 0.3 is 6.09 Å². The smallest absolute Gasteiger partial charge is 0.423 e. The molecule has 4 nitrogen and oxygen atoms in total. The van der Waals surface area contributed by atoms with Gasteiger partial charge in [0.2, 0.25) is 0 Å². The van der Waals surface area contributed by atoms with Crippen LogP contribution >= 0.6 is 0 Å². The third kappa shape index (κ3) is 4.61. The summed E-state index contributed by atoms with van der Waals surface area (Å²) >= 11 is 0. The molecule has 0 heterocycles. The highest BCUT2D eigenvalue weighted by Crippen LogP contribution is 1.87. The van der Waals surface area contributed by atoms with Crippen molar-refractivity contribution in [2.45, 2.75) is 26.8 Å². The second-order valence-corrected chi connectivity index (χ2v) is 2.54. The van der Waals surface area contributed by atoms with Gasteiger partial charge in [-0.05, 0) is 20.8 Å². The molecule has 0 atom stereocenters. The van der Waals surface area contributed by atoms with E-state index in [1.165, 1.54) is 5.01 Å². The Balaban J connectivity index is 3.64. The summed E-state index contributed by atoms with van der Waals surface area (Å²) in [7, 11) is 1.64. The molecule has 1 amide bonds. The van der Waals surface area contributed by atoms with Gasteiger partial charge in [-0.3, -0.25) is 0 Å². The molecule has 11 heavy (non-hydrogen) atoms. The minimum atomic E-state index is -0.346. The number of hydrogen-bond acceptors (Lipinski definition) is 3. The summed E-state index contributed by atoms with van der Waals surface area (Å²) in [5.74, 6) is 0. The van der Waals surface area contributed by atoms with Crippen LogP contribution in [0.2, 0.25) is 0 Å². The second-order valence-electron chi connectivity index (χ2n) is 2.54. The molecule has 66 valence electrons. The first-order valence-electron chi connectivity index (χ1n) is 3.74. The van der Waals surface area contributed by atoms with Crippen LogP contribution < -0.4 is 5.43 Å². The maximum atomic E-state index is 10.9. The molecule has 0 spiro atoms. The van der Waals surface area contributed by atoms with Gasteiger partial charge in [-0.2, -0.15) is 0 Å². The van der Waals surface area contributed by atoms with Gasteiger partial charge in [-0.15, -0.1) is 0 Å². The van der Waals surface area contributed by atoms with Crippen LogP contribution in [-0.4, -0.2) is 30.8 Å². The maximum absolute atomic E-state index is 10.9. The first kappa shape index (κ1) is 10.2. The highest BCUT2D eigenvalue weighted by Gasteiger charge is 2.08. The van der Waals surface area contributed by atoms with E-state index in [9.17, 15) is 4.79 Å². The molecule has 4 heteroatoms. The third-order valence-corrected chi connectivity index (χ3v) is 0.994. The SMILES string of the molecule is CCOC(=O)N(C)NC(C)C. The summed E-state index contributed by atoms with van der Waals surface area (Å²) in [4.78, 5) is 10.9. The van der Waals surface area contributed by atoms with Crippen LogP contribution in [0.1, 0.15) is 20.8 Å². The first-order valence-corrected chi connectivity index (χ1v) is 3.74. The van der Waals surface area contributed by atoms with E-state index in [1.54, 1.807) is 14.0 Å². The summed E-state index contributed by atoms with van der Waals surface area (Å²) in [5.41, 5.74) is 2.89. The average molecular weight is 160 g/mol. The van der Waals surface area contributed by atoms with Crippen LogP contribution in [0.25, 0.3) is 0 Å². The van der Waals surface area contributed by atoms with Crippen molar-refractivity contribution < 1.29 is 9.53 Å². The fourth-order valence-corrected chi connectivity index (χ4v) is 0.660. The Morgan fingerprint density at radius 2 is 2.18 bits per heavy atom. The molecule has 0 aromatic heterocycles. The topological polar surface area (TPSA) is 41.6 Å². The Hall–Kier alpha value is -0.770. The Labute approximate surface area is 67.5 Å². The molecule has 1 N–H and O–H groups in total. The summed E-state index contributed by atoms with van der Waals surface area (Å²) < 4.78 is 4.73. The van der Waals surface area contributed by atoms with E-state index in [1.807, 2.05) is 13.8 Å². The van der Waals surface area contributed by atoms with E-state index in [0.717, 1.165) is 0 Å². The van der Waals surface area contributed by atoms with Gasteiger partial charge in [0.05, 0.1) is 6.61 Å². The minimum absolute atomic E-state index is 0.240. The van der Waals surface area contributed by atoms with E-state index in [-0.39, 0.29) is 12.1 Å². The van der Waals surface area contributed by atoms with Gasteiger partial charge in [0.1, 0.15) is 0 Å². The lowest BCUT2D eigenvalue weighted by Gasteiger charge is -2.19. The standard InChI is InChI=1S/C7H16N2O2/c1-5-11-7(10)9(4)8-6(2)3/h6,8H,5H2,1-4H3. The quantitative estimate of drug-likeness (QED) is 0.626. The van der Waals surface area contributed by atoms with Crippen LogP contribution in [0.5, 0.6) is 0 Å². The number of ether oxygens (including phenoxy) is 1. The normalized spacial score (nSPS) is 9.91. The molecular weight excluding hydrogens is 144 g/mol. The van der Waals surface area contributed by atoms with E-state index < -0.39 is 0 Å². The molecule has 0 bridgehead atoms. The predicted molar refractivity (Wildman–Crippen MR) is 43.1 cm³/mol. The number of rotatable bonds is 3. The molecule has 0 aliphatic rings. The fraction of sp³-hybridized carbons (Fsp3) is 0.857. The second kappa shape index (κ2) is 4.96. The molecular formula is C7H16N2O2. The number of hydrazine groups is 1. The van der Waals surface area contributed by atoms with Crippen molar-refractivity contribution in [2.24, 2.45) is 0 Å². The zero-order valence-corrected chi connectivity index (χ0v) is 7.55. The highest BCUT2D eigenvalue weighted by atomic mass is 16.6. The highest BCUT2D eigenvalue weighted by molar-refractivity contribution is 5.66. The van der Waals surface area contributed by atoms with E-state index in [0.29, 0.717) is 6.61 Å². The van der Waals surface area contributed by atoms with Crippen LogP contribution in [0.4, 0.5) is 4.79 Å². The minimum Gasteiger partial charge on any atom is -0.449 e. The van der Waals surface area contributed by atoms with Gasteiger partial charge in [0, 0.05) is 13.1 Å². The molecule has 0 unspecified atom stereocenters. The zero-order valence-electron chi connectivity index (χ0n) is 7.55. The van der Waals surface area contributed by atoms with Crippen molar-refractivity contribution in [1.82, 2.24) is 10.4 Å². The van der Waals surface area contributed by atoms with Crippen LogP contribution in [0.3, 0.4) is 0 Å². The van der Waals surface area contributed by atoms with Crippen molar-refractivity contribution in [1.29, 1.82) is 0 Å². The number of nitrogens with one attached hydrogen (secondary N) is 1. The zero-order chi connectivity index (χ0) is 8.85. The predicted octanol–water partition coefficient (Wildman–Crippen LogP) is 0.988. The van der Waals surface area contributed by atoms with Crippen molar-refractivity contribution in [2.75, 3.05) is 13.7 Å². The van der Waals surface area contributed by atoms with Crippen molar-refractivity contribution in [3.05, 3.63) is 0 Å². The summed E-state index contributed by atoms with van der Waals surface area (Å²) in [6.45, 7) is 6.09. The average Bonchev–Trinajstić information content (AvgIpc) is 1.86. The molecule has 0 aromatic rings. The number of carbonyl (C=O) groups is 1. The molecule has 0 aliphatic carbocycles. The van der Waals surface area contributed by atoms with Crippen molar-refractivity contribution >= 4 is 6.09 Å². The molecule has 0 aromatic carbocycles. The fourth-order valence-electron chi connectivity index (χ4n) is 0.660. The number of hydrogen-bond donors (Lipinski definition) is 1. The van der Waals surface area contributed by atoms with Crippen LogP contribution in [0, 0.1) is 0 Å². The molecule has 0 fully saturated rings. The largest absolute Gasteiger partial charge is 0.449 e. The Morgan fingerprint density at radius 3 is 2.55 bits per heavy atom. The monoisotopic (exact) mass is 160 g/mol. The lowest BCUT2D eigenvalue weighted by molar-refractivity contribution is 0.0937. The number of amides is 1. The van der Waals surface area contributed by atoms with Gasteiger partial charge < -0.3 is 4.74 Å². The van der Waals surface area contributed by atoms with E-state index in [4.69, 9.17) is 4.74 Å². The van der Waals surface area contributed by atoms with Crippen LogP contribution in [-0.2, 0) is 4.74 Å². The molecule has 0 aliphatic heterocycles. The molecule has 0 radical (unpaired) electrons. The summed E-state index contributed by atoms with van der Waals surface area (Å²) in [6, 6.07) is 0.240. The molecule has 0 saturated carbocycles. The van der Waals surface area contributed by atoms with Gasteiger partial charge in [0.15, 0.2) is 0 Å². The number of carbonyl (C=O) groups excluding carboxylic acids is 1. The van der Waals surface area contributed by atoms with Gasteiger partial charge in [0.25, 0.3) is 0 Å². The van der Waals surface area contributed by atoms with Crippen molar-refractivity contribution in [3.63, 3.8) is 0 Å². The van der Waals surface area contributed by atoms with E-state index in [2.05, 4.69) is 5.43 Å². The van der Waals surface area contributed by atoms with E-state index >= 15 is 0 Å². The van der Waals surface area contributed by atoms with Crippen molar-refractivity contribution in [3.8, 4) is 0 Å². The lowest BCUT2D eigenvalue weighted by Crippen LogP contribution is -2.43. The van der Waals surface area contributed by atoms with Gasteiger partial charge in [-0.1, -0.05) is 0 Å². The van der Waals surface area contributed by atoms with Gasteiger partial charge in [-0.25, -0.2) is 15.2 Å². The third-order valence-electron chi connectivity index (χ3n) is 0.994. The first-order chi connectivity index (χ1) is 5.07. The number of nitrogens with zero attached hydrogens (tertiary/aromatic N) is 1. The van der Waals surface area contributed by atoms with Crippen LogP contribution in [0.15, 0.2) is 0 Å². The maximum Gasteiger partial charge on any atom is 0.423 e. The molecule has 0 rings (SSSR count).